The van der Waals surface area contributed by atoms with E-state index in [1.165, 1.54) is 22.5 Å². The van der Waals surface area contributed by atoms with Crippen molar-refractivity contribution < 1.29 is 8.42 Å². The summed E-state index contributed by atoms with van der Waals surface area (Å²) >= 11 is 0. The van der Waals surface area contributed by atoms with Gasteiger partial charge in [0, 0.05) is 31.9 Å². The summed E-state index contributed by atoms with van der Waals surface area (Å²) in [4.78, 5) is 2.24. The van der Waals surface area contributed by atoms with E-state index in [4.69, 9.17) is 11.0 Å². The van der Waals surface area contributed by atoms with Crippen molar-refractivity contribution in [3.63, 3.8) is 0 Å². The highest BCUT2D eigenvalue weighted by Crippen LogP contribution is 2.23. The first-order chi connectivity index (χ1) is 9.48. The van der Waals surface area contributed by atoms with Gasteiger partial charge in [0.2, 0.25) is 10.0 Å². The van der Waals surface area contributed by atoms with Gasteiger partial charge in [0.1, 0.15) is 11.0 Å². The van der Waals surface area contributed by atoms with E-state index in [1.54, 1.807) is 0 Å². The van der Waals surface area contributed by atoms with Crippen LogP contribution in [0.4, 0.5) is 5.69 Å². The average molecular weight is 294 g/mol. The highest BCUT2D eigenvalue weighted by molar-refractivity contribution is 7.89. The molecule has 1 aliphatic rings. The van der Waals surface area contributed by atoms with Crippen LogP contribution in [-0.4, -0.2) is 50.3 Å². The second-order valence-corrected chi connectivity index (χ2v) is 6.61. The minimum Gasteiger partial charge on any atom is -0.399 e. The molecule has 0 unspecified atom stereocenters. The largest absolute Gasteiger partial charge is 0.399 e. The minimum atomic E-state index is -3.62. The van der Waals surface area contributed by atoms with Crippen LogP contribution in [0, 0.1) is 11.3 Å². The molecule has 1 aromatic rings. The zero-order chi connectivity index (χ0) is 14.8. The number of anilines is 1. The number of sulfonamides is 1. The van der Waals surface area contributed by atoms with Gasteiger partial charge >= 0.3 is 0 Å². The third-order valence-electron chi connectivity index (χ3n) is 3.52. The van der Waals surface area contributed by atoms with Gasteiger partial charge in [-0.1, -0.05) is 6.92 Å². The van der Waals surface area contributed by atoms with E-state index in [1.807, 2.05) is 6.07 Å². The predicted octanol–water partition coefficient (Wildman–Crippen LogP) is 0.467. The molecule has 1 aromatic carbocycles. The SMILES string of the molecule is CCN1CCN(S(=O)(=O)c2ccc(N)cc2C#N)CC1. The molecule has 2 N–H and O–H groups in total. The molecule has 1 fully saturated rings. The predicted molar refractivity (Wildman–Crippen MR) is 76.4 cm³/mol. The van der Waals surface area contributed by atoms with Gasteiger partial charge in [-0.05, 0) is 24.7 Å². The molecule has 20 heavy (non-hydrogen) atoms. The number of nitriles is 1. The second kappa shape index (κ2) is 5.79. The van der Waals surface area contributed by atoms with E-state index in [9.17, 15) is 8.42 Å². The molecule has 7 heteroatoms. The molecule has 2 rings (SSSR count). The van der Waals surface area contributed by atoms with Gasteiger partial charge in [0.15, 0.2) is 0 Å². The zero-order valence-electron chi connectivity index (χ0n) is 11.4. The van der Waals surface area contributed by atoms with Gasteiger partial charge in [-0.15, -0.1) is 0 Å². The molecule has 0 bridgehead atoms. The van der Waals surface area contributed by atoms with Crippen LogP contribution in [0.2, 0.25) is 0 Å². The van der Waals surface area contributed by atoms with E-state index < -0.39 is 10.0 Å². The number of rotatable bonds is 3. The Morgan fingerprint density at radius 1 is 1.30 bits per heavy atom. The maximum Gasteiger partial charge on any atom is 0.244 e. The summed E-state index contributed by atoms with van der Waals surface area (Å²) in [5, 5.41) is 9.09. The topological polar surface area (TPSA) is 90.4 Å². The van der Waals surface area contributed by atoms with E-state index in [0.717, 1.165) is 6.54 Å². The van der Waals surface area contributed by atoms with E-state index in [0.29, 0.717) is 31.9 Å². The summed E-state index contributed by atoms with van der Waals surface area (Å²) in [7, 11) is -3.62. The fraction of sp³-hybridized carbons (Fsp3) is 0.462. The van der Waals surface area contributed by atoms with Gasteiger partial charge < -0.3 is 10.6 Å². The number of nitrogens with two attached hydrogens (primary N) is 1. The zero-order valence-corrected chi connectivity index (χ0v) is 12.2. The number of hydrogen-bond donors (Lipinski definition) is 1. The first-order valence-electron chi connectivity index (χ1n) is 6.51. The Balaban J connectivity index is 2.30. The first-order valence-corrected chi connectivity index (χ1v) is 7.95. The fourth-order valence-corrected chi connectivity index (χ4v) is 3.83. The van der Waals surface area contributed by atoms with Crippen molar-refractivity contribution in [3.8, 4) is 6.07 Å². The molecule has 1 saturated heterocycles. The Labute approximate surface area is 119 Å². The number of benzene rings is 1. The lowest BCUT2D eigenvalue weighted by Crippen LogP contribution is -2.48. The van der Waals surface area contributed by atoms with Crippen molar-refractivity contribution in [2.75, 3.05) is 38.5 Å². The van der Waals surface area contributed by atoms with Crippen molar-refractivity contribution in [2.45, 2.75) is 11.8 Å². The Kier molecular flexibility index (Phi) is 4.28. The molecule has 0 radical (unpaired) electrons. The van der Waals surface area contributed by atoms with Crippen LogP contribution in [0.25, 0.3) is 0 Å². The maximum atomic E-state index is 12.6. The Bertz CT molecular complexity index is 628. The van der Waals surface area contributed by atoms with Crippen LogP contribution in [0.5, 0.6) is 0 Å². The maximum absolute atomic E-state index is 12.6. The van der Waals surface area contributed by atoms with Crippen molar-refractivity contribution >= 4 is 15.7 Å². The summed E-state index contributed by atoms with van der Waals surface area (Å²) in [6, 6.07) is 6.23. The van der Waals surface area contributed by atoms with Crippen LogP contribution in [0.3, 0.4) is 0 Å². The third-order valence-corrected chi connectivity index (χ3v) is 5.48. The van der Waals surface area contributed by atoms with Gasteiger partial charge in [0.25, 0.3) is 0 Å². The van der Waals surface area contributed by atoms with Gasteiger partial charge in [-0.25, -0.2) is 8.42 Å². The fourth-order valence-electron chi connectivity index (χ4n) is 2.29. The quantitative estimate of drug-likeness (QED) is 0.818. The highest BCUT2D eigenvalue weighted by Gasteiger charge is 2.29. The average Bonchev–Trinajstić information content (AvgIpc) is 2.46. The molecule has 0 aliphatic carbocycles. The van der Waals surface area contributed by atoms with Gasteiger partial charge in [-0.3, -0.25) is 0 Å². The monoisotopic (exact) mass is 294 g/mol. The third kappa shape index (κ3) is 2.77. The number of nitrogen functional groups attached to an aromatic ring is 1. The minimum absolute atomic E-state index is 0.0409. The molecule has 0 saturated carbocycles. The molecule has 1 aliphatic heterocycles. The van der Waals surface area contributed by atoms with Crippen molar-refractivity contribution in [1.29, 1.82) is 5.26 Å². The molecule has 108 valence electrons. The summed E-state index contributed by atoms with van der Waals surface area (Å²) in [5.74, 6) is 0. The molecule has 0 spiro atoms. The van der Waals surface area contributed by atoms with Crippen LogP contribution in [-0.2, 0) is 10.0 Å². The smallest absolute Gasteiger partial charge is 0.244 e. The normalized spacial score (nSPS) is 17.8. The van der Waals surface area contributed by atoms with E-state index in [2.05, 4.69) is 11.8 Å². The van der Waals surface area contributed by atoms with E-state index in [-0.39, 0.29) is 10.5 Å². The summed E-state index contributed by atoms with van der Waals surface area (Å²) in [6.45, 7) is 5.30. The second-order valence-electron chi connectivity index (χ2n) is 4.71. The lowest BCUT2D eigenvalue weighted by Gasteiger charge is -2.33. The van der Waals surface area contributed by atoms with E-state index >= 15 is 0 Å². The molecule has 1 heterocycles. The Hall–Kier alpha value is -1.62. The molecule has 0 amide bonds. The molecular weight excluding hydrogens is 276 g/mol. The summed E-state index contributed by atoms with van der Waals surface area (Å²) in [6.07, 6.45) is 0. The lowest BCUT2D eigenvalue weighted by atomic mass is 10.2. The van der Waals surface area contributed by atoms with Gasteiger partial charge in [0.05, 0.1) is 5.56 Å². The lowest BCUT2D eigenvalue weighted by molar-refractivity contribution is 0.196. The highest BCUT2D eigenvalue weighted by atomic mass is 32.2. The summed E-state index contributed by atoms with van der Waals surface area (Å²) < 4.78 is 26.6. The van der Waals surface area contributed by atoms with Crippen LogP contribution < -0.4 is 5.73 Å². The van der Waals surface area contributed by atoms with Crippen molar-refractivity contribution in [2.24, 2.45) is 0 Å². The number of hydrogen-bond acceptors (Lipinski definition) is 5. The molecular formula is C13H18N4O2S. The van der Waals surface area contributed by atoms with Gasteiger partial charge in [-0.2, -0.15) is 9.57 Å². The van der Waals surface area contributed by atoms with Crippen molar-refractivity contribution in [1.82, 2.24) is 9.21 Å². The number of likely N-dealkylation sites (N-methyl/N-ethyl adjacent to an activating group) is 1. The number of piperazine rings is 1. The van der Waals surface area contributed by atoms with Crippen LogP contribution in [0.15, 0.2) is 23.1 Å². The Morgan fingerprint density at radius 2 is 1.95 bits per heavy atom. The van der Waals surface area contributed by atoms with Crippen LogP contribution in [0.1, 0.15) is 12.5 Å². The standard InChI is InChI=1S/C13H18N4O2S/c1-2-16-5-7-17(8-6-16)20(18,19)13-4-3-12(15)9-11(13)10-14/h3-4,9H,2,5-8,15H2,1H3. The Morgan fingerprint density at radius 3 is 2.50 bits per heavy atom. The molecule has 0 atom stereocenters. The summed E-state index contributed by atoms with van der Waals surface area (Å²) in [5.41, 5.74) is 6.08. The number of nitrogens with zero attached hydrogens (tertiary/aromatic N) is 3. The first kappa shape index (κ1) is 14.8. The molecule has 0 aromatic heterocycles. The van der Waals surface area contributed by atoms with Crippen molar-refractivity contribution in [3.05, 3.63) is 23.8 Å². The van der Waals surface area contributed by atoms with Crippen LogP contribution >= 0.6 is 0 Å². The molecule has 6 nitrogen and oxygen atoms in total.